The van der Waals surface area contributed by atoms with Crippen molar-refractivity contribution in [3.8, 4) is 11.1 Å². The summed E-state index contributed by atoms with van der Waals surface area (Å²) in [4.78, 5) is 25.2. The van der Waals surface area contributed by atoms with Gasteiger partial charge in [-0.3, -0.25) is 9.48 Å². The van der Waals surface area contributed by atoms with Crippen molar-refractivity contribution in [3.05, 3.63) is 65.3 Å². The summed E-state index contributed by atoms with van der Waals surface area (Å²) in [5, 5.41) is 16.6. The third kappa shape index (κ3) is 4.11. The average Bonchev–Trinajstić information content (AvgIpc) is 3.55. The minimum absolute atomic E-state index is 0.121. The van der Waals surface area contributed by atoms with Crippen LogP contribution >= 0.6 is 0 Å². The number of carbonyl (C=O) groups excluding carboxylic acids is 1. The van der Waals surface area contributed by atoms with Crippen molar-refractivity contribution in [2.24, 2.45) is 7.05 Å². The topological polar surface area (TPSA) is 109 Å². The van der Waals surface area contributed by atoms with Gasteiger partial charge < -0.3 is 15.4 Å². The molecule has 1 saturated carbocycles. The molecule has 0 atom stereocenters. The Labute approximate surface area is 189 Å². The molecule has 9 heteroatoms. The third-order valence-electron chi connectivity index (χ3n) is 6.31. The molecule has 1 amide bonds. The lowest BCUT2D eigenvalue weighted by molar-refractivity contribution is 0.0947. The molecular formula is C24H25FN6O2. The number of nitrogens with one attached hydrogen (secondary N) is 2. The standard InChI is InChI=1S/C24H25FN6O2/c1-31-20(13-32)18(12-28-31)16-8-14(9-17(25)10-16)11-27-24(33)22-21-19(6-7-26-22)29-23(30-21)15-4-2-3-5-15/h6-10,12,15,32H,2-5,11,13H2,1H3,(H,27,33)(H,29,30). The van der Waals surface area contributed by atoms with Gasteiger partial charge in [-0.1, -0.05) is 12.8 Å². The Bertz CT molecular complexity index is 1320. The number of rotatable bonds is 6. The van der Waals surface area contributed by atoms with Crippen LogP contribution in [0, 0.1) is 5.82 Å². The summed E-state index contributed by atoms with van der Waals surface area (Å²) in [6.07, 6.45) is 7.78. The fourth-order valence-electron chi connectivity index (χ4n) is 4.58. The number of hydrogen-bond donors (Lipinski definition) is 3. The highest BCUT2D eigenvalue weighted by molar-refractivity contribution is 6.02. The molecule has 0 bridgehead atoms. The number of halogens is 1. The lowest BCUT2D eigenvalue weighted by Gasteiger charge is -2.09. The summed E-state index contributed by atoms with van der Waals surface area (Å²) in [6.45, 7) is -0.0904. The number of aromatic amines is 1. The van der Waals surface area contributed by atoms with Gasteiger partial charge in [0, 0.05) is 31.3 Å². The highest BCUT2D eigenvalue weighted by Gasteiger charge is 2.22. The quantitative estimate of drug-likeness (QED) is 0.418. The van der Waals surface area contributed by atoms with Crippen LogP contribution in [0.5, 0.6) is 0 Å². The van der Waals surface area contributed by atoms with E-state index in [1.165, 1.54) is 25.0 Å². The molecule has 33 heavy (non-hydrogen) atoms. The lowest BCUT2D eigenvalue weighted by Crippen LogP contribution is -2.24. The number of pyridine rings is 1. The first-order valence-electron chi connectivity index (χ1n) is 11.1. The van der Waals surface area contributed by atoms with Gasteiger partial charge in [-0.2, -0.15) is 5.10 Å². The number of aromatic nitrogens is 5. The van der Waals surface area contributed by atoms with Crippen LogP contribution in [-0.2, 0) is 20.2 Å². The predicted octanol–water partition coefficient (Wildman–Crippen LogP) is 3.58. The Morgan fingerprint density at radius 2 is 2.12 bits per heavy atom. The first-order valence-corrected chi connectivity index (χ1v) is 11.1. The van der Waals surface area contributed by atoms with Crippen LogP contribution in [0.4, 0.5) is 4.39 Å². The van der Waals surface area contributed by atoms with Crippen molar-refractivity contribution in [1.82, 2.24) is 30.0 Å². The zero-order valence-electron chi connectivity index (χ0n) is 18.3. The summed E-state index contributed by atoms with van der Waals surface area (Å²) in [5.74, 6) is 0.511. The van der Waals surface area contributed by atoms with Crippen molar-refractivity contribution in [2.75, 3.05) is 0 Å². The zero-order valence-corrected chi connectivity index (χ0v) is 18.3. The molecule has 5 rings (SSSR count). The van der Waals surface area contributed by atoms with Crippen LogP contribution in [0.25, 0.3) is 22.2 Å². The molecule has 4 aromatic rings. The monoisotopic (exact) mass is 448 g/mol. The Morgan fingerprint density at radius 1 is 1.30 bits per heavy atom. The molecule has 3 aromatic heterocycles. The first kappa shape index (κ1) is 21.3. The number of aliphatic hydroxyl groups is 1. The van der Waals surface area contributed by atoms with Crippen LogP contribution in [-0.4, -0.2) is 35.7 Å². The van der Waals surface area contributed by atoms with Crippen molar-refractivity contribution in [1.29, 1.82) is 0 Å². The Balaban J connectivity index is 1.37. The molecular weight excluding hydrogens is 423 g/mol. The minimum Gasteiger partial charge on any atom is -0.390 e. The maximum atomic E-state index is 14.3. The summed E-state index contributed by atoms with van der Waals surface area (Å²) in [7, 11) is 1.72. The molecule has 1 aromatic carbocycles. The molecule has 0 radical (unpaired) electrons. The third-order valence-corrected chi connectivity index (χ3v) is 6.31. The zero-order chi connectivity index (χ0) is 22.9. The maximum Gasteiger partial charge on any atom is 0.272 e. The second-order valence-corrected chi connectivity index (χ2v) is 8.48. The average molecular weight is 449 g/mol. The molecule has 1 fully saturated rings. The first-order chi connectivity index (χ1) is 16.0. The SMILES string of the molecule is Cn1ncc(-c2cc(F)cc(CNC(=O)c3nccc4[nH]c(C5CCCC5)nc34)c2)c1CO. The van der Waals surface area contributed by atoms with E-state index < -0.39 is 5.82 Å². The summed E-state index contributed by atoms with van der Waals surface area (Å²) < 4.78 is 15.9. The van der Waals surface area contributed by atoms with E-state index in [4.69, 9.17) is 0 Å². The van der Waals surface area contributed by atoms with E-state index in [2.05, 4.69) is 25.4 Å². The van der Waals surface area contributed by atoms with Gasteiger partial charge in [0.25, 0.3) is 5.91 Å². The van der Waals surface area contributed by atoms with Crippen LogP contribution in [0.3, 0.4) is 0 Å². The number of H-pyrrole nitrogens is 1. The van der Waals surface area contributed by atoms with E-state index >= 15 is 0 Å². The van der Waals surface area contributed by atoms with Gasteiger partial charge in [-0.05, 0) is 48.2 Å². The number of amides is 1. The van der Waals surface area contributed by atoms with Gasteiger partial charge in [0.05, 0.1) is 24.0 Å². The van der Waals surface area contributed by atoms with E-state index in [0.717, 1.165) is 24.2 Å². The molecule has 170 valence electrons. The maximum absolute atomic E-state index is 14.3. The summed E-state index contributed by atoms with van der Waals surface area (Å²) >= 11 is 0. The second kappa shape index (κ2) is 8.74. The fourth-order valence-corrected chi connectivity index (χ4v) is 4.58. The molecule has 1 aliphatic rings. The molecule has 0 spiro atoms. The van der Waals surface area contributed by atoms with Crippen molar-refractivity contribution < 1.29 is 14.3 Å². The summed E-state index contributed by atoms with van der Waals surface area (Å²) in [5.41, 5.74) is 4.01. The minimum atomic E-state index is -0.432. The molecule has 0 aliphatic heterocycles. The highest BCUT2D eigenvalue weighted by atomic mass is 19.1. The van der Waals surface area contributed by atoms with E-state index in [1.54, 1.807) is 30.2 Å². The molecule has 3 N–H and O–H groups in total. The number of benzene rings is 1. The van der Waals surface area contributed by atoms with Crippen LogP contribution < -0.4 is 5.32 Å². The number of fused-ring (bicyclic) bond motifs is 1. The van der Waals surface area contributed by atoms with Gasteiger partial charge >= 0.3 is 0 Å². The molecule has 3 heterocycles. The van der Waals surface area contributed by atoms with E-state index in [1.807, 2.05) is 6.07 Å². The largest absolute Gasteiger partial charge is 0.390 e. The van der Waals surface area contributed by atoms with E-state index in [9.17, 15) is 14.3 Å². The van der Waals surface area contributed by atoms with Crippen LogP contribution in [0.2, 0.25) is 0 Å². The van der Waals surface area contributed by atoms with Crippen molar-refractivity contribution >= 4 is 16.9 Å². The molecule has 0 saturated heterocycles. The Kier molecular flexibility index (Phi) is 5.63. The summed E-state index contributed by atoms with van der Waals surface area (Å²) in [6, 6.07) is 6.36. The van der Waals surface area contributed by atoms with E-state index in [0.29, 0.717) is 33.8 Å². The number of nitrogens with zero attached hydrogens (tertiary/aromatic N) is 4. The molecule has 0 unspecified atom stereocenters. The highest BCUT2D eigenvalue weighted by Crippen LogP contribution is 2.33. The smallest absolute Gasteiger partial charge is 0.272 e. The number of aryl methyl sites for hydroxylation is 1. The van der Waals surface area contributed by atoms with Gasteiger partial charge in [0.2, 0.25) is 0 Å². The Hall–Kier alpha value is -3.59. The lowest BCUT2D eigenvalue weighted by atomic mass is 10.0. The van der Waals surface area contributed by atoms with Gasteiger partial charge in [0.15, 0.2) is 5.69 Å². The number of carbonyl (C=O) groups is 1. The van der Waals surface area contributed by atoms with Crippen LogP contribution in [0.15, 0.2) is 36.7 Å². The van der Waals surface area contributed by atoms with Gasteiger partial charge in [-0.25, -0.2) is 14.4 Å². The fraction of sp³-hybridized carbons (Fsp3) is 0.333. The van der Waals surface area contributed by atoms with Crippen molar-refractivity contribution in [3.63, 3.8) is 0 Å². The molecule has 1 aliphatic carbocycles. The molecule has 8 nitrogen and oxygen atoms in total. The van der Waals surface area contributed by atoms with E-state index in [-0.39, 0.29) is 24.8 Å². The number of imidazole rings is 1. The number of aliphatic hydroxyl groups excluding tert-OH is 1. The predicted molar refractivity (Wildman–Crippen MR) is 121 cm³/mol. The normalized spacial score (nSPS) is 14.3. The Morgan fingerprint density at radius 3 is 2.91 bits per heavy atom. The van der Waals surface area contributed by atoms with Gasteiger partial charge in [0.1, 0.15) is 17.2 Å². The second-order valence-electron chi connectivity index (χ2n) is 8.48. The van der Waals surface area contributed by atoms with Gasteiger partial charge in [-0.15, -0.1) is 0 Å². The van der Waals surface area contributed by atoms with Crippen LogP contribution in [0.1, 0.15) is 59.2 Å². The number of hydrogen-bond acceptors (Lipinski definition) is 5. The van der Waals surface area contributed by atoms with Crippen molar-refractivity contribution in [2.45, 2.75) is 44.8 Å².